The minimum Gasteiger partial charge on any atom is -0.495 e. The number of carbonyl (C=O) groups is 1. The highest BCUT2D eigenvalue weighted by atomic mass is 79.9. The molecule has 0 aromatic heterocycles. The minimum absolute atomic E-state index is 0.0428. The highest BCUT2D eigenvalue weighted by molar-refractivity contribution is 9.10. The van der Waals surface area contributed by atoms with E-state index in [1.807, 2.05) is 42.5 Å². The summed E-state index contributed by atoms with van der Waals surface area (Å²) in [6.07, 6.45) is -0.478. The predicted octanol–water partition coefficient (Wildman–Crippen LogP) is 5.35. The lowest BCUT2D eigenvalue weighted by Crippen LogP contribution is -2.26. The maximum atomic E-state index is 12.2. The van der Waals surface area contributed by atoms with E-state index in [1.165, 1.54) is 22.3 Å². The maximum Gasteiger partial charge on any atom is 0.407 e. The number of methoxy groups -OCH3 is 1. The summed E-state index contributed by atoms with van der Waals surface area (Å²) >= 11 is 3.40. The molecule has 4 nitrogen and oxygen atoms in total. The van der Waals surface area contributed by atoms with Gasteiger partial charge < -0.3 is 14.8 Å². The zero-order valence-corrected chi connectivity index (χ0v) is 18.0. The van der Waals surface area contributed by atoms with Gasteiger partial charge in [0.05, 0.1) is 19.2 Å². The third-order valence-corrected chi connectivity index (χ3v) is 5.54. The third kappa shape index (κ3) is 4.19. The molecule has 30 heavy (non-hydrogen) atoms. The van der Waals surface area contributed by atoms with Gasteiger partial charge in [-0.1, -0.05) is 76.3 Å². The zero-order chi connectivity index (χ0) is 20.9. The average Bonchev–Trinajstić information content (AvgIpc) is 3.10. The van der Waals surface area contributed by atoms with Gasteiger partial charge >= 0.3 is 6.09 Å². The molecule has 1 aliphatic carbocycles. The summed E-state index contributed by atoms with van der Waals surface area (Å²) in [5.41, 5.74) is 5.55. The van der Waals surface area contributed by atoms with Crippen molar-refractivity contribution in [3.8, 4) is 28.7 Å². The molecule has 3 aromatic rings. The number of benzene rings is 3. The van der Waals surface area contributed by atoms with E-state index in [0.717, 1.165) is 10.0 Å². The van der Waals surface area contributed by atoms with E-state index in [4.69, 9.17) is 9.47 Å². The second-order valence-corrected chi connectivity index (χ2v) is 7.74. The number of carbonyl (C=O) groups excluding carboxylic acids is 1. The van der Waals surface area contributed by atoms with Crippen LogP contribution in [0.4, 0.5) is 4.79 Å². The Bertz CT molecular complexity index is 1100. The topological polar surface area (TPSA) is 47.6 Å². The quantitative estimate of drug-likeness (QED) is 0.532. The number of hydrogen-bond donors (Lipinski definition) is 1. The first-order valence-corrected chi connectivity index (χ1v) is 10.4. The van der Waals surface area contributed by atoms with Crippen molar-refractivity contribution in [1.29, 1.82) is 0 Å². The van der Waals surface area contributed by atoms with Crippen LogP contribution in [0.1, 0.15) is 22.6 Å². The standard InChI is InChI=1S/C25H20BrNO3/c1-29-24-15-18(26)13-12-17(24)7-6-14-27-25(28)30-16-23-21-10-4-2-8-19(21)20-9-3-5-11-22(20)23/h2-5,8-13,15,23H,14,16H2,1H3,(H,27,28). The lowest BCUT2D eigenvalue weighted by molar-refractivity contribution is 0.144. The van der Waals surface area contributed by atoms with Crippen LogP contribution < -0.4 is 10.1 Å². The molecule has 0 spiro atoms. The fraction of sp³-hybridized carbons (Fsp3) is 0.160. The Morgan fingerprint density at radius 3 is 2.37 bits per heavy atom. The van der Waals surface area contributed by atoms with Gasteiger partial charge in [-0.25, -0.2) is 4.79 Å². The molecule has 0 fully saturated rings. The maximum absolute atomic E-state index is 12.2. The lowest BCUT2D eigenvalue weighted by atomic mass is 9.98. The summed E-state index contributed by atoms with van der Waals surface area (Å²) in [7, 11) is 1.60. The summed E-state index contributed by atoms with van der Waals surface area (Å²) in [5, 5.41) is 2.69. The molecule has 1 N–H and O–H groups in total. The van der Waals surface area contributed by atoms with E-state index in [9.17, 15) is 4.79 Å². The van der Waals surface area contributed by atoms with Crippen molar-refractivity contribution >= 4 is 22.0 Å². The second-order valence-electron chi connectivity index (χ2n) is 6.83. The largest absolute Gasteiger partial charge is 0.495 e. The molecule has 1 amide bonds. The Morgan fingerprint density at radius 2 is 1.70 bits per heavy atom. The molecular formula is C25H20BrNO3. The van der Waals surface area contributed by atoms with E-state index in [0.29, 0.717) is 5.75 Å². The van der Waals surface area contributed by atoms with Crippen LogP contribution in [0.15, 0.2) is 71.2 Å². The summed E-state index contributed by atoms with van der Waals surface area (Å²) in [6.45, 7) is 0.476. The molecule has 3 aromatic carbocycles. The Kier molecular flexibility index (Phi) is 6.06. The number of fused-ring (bicyclic) bond motifs is 3. The third-order valence-electron chi connectivity index (χ3n) is 5.05. The van der Waals surface area contributed by atoms with Crippen molar-refractivity contribution in [2.24, 2.45) is 0 Å². The number of ether oxygens (including phenoxy) is 2. The summed E-state index contributed by atoms with van der Waals surface area (Å²) in [4.78, 5) is 12.2. The monoisotopic (exact) mass is 461 g/mol. The normalized spacial score (nSPS) is 11.7. The van der Waals surface area contributed by atoms with E-state index < -0.39 is 6.09 Å². The molecule has 0 heterocycles. The number of rotatable bonds is 4. The summed E-state index contributed by atoms with van der Waals surface area (Å²) < 4.78 is 11.7. The minimum atomic E-state index is -0.478. The van der Waals surface area contributed by atoms with Gasteiger partial charge in [0.25, 0.3) is 0 Å². The van der Waals surface area contributed by atoms with E-state index in [-0.39, 0.29) is 19.1 Å². The van der Waals surface area contributed by atoms with Crippen LogP contribution in [-0.2, 0) is 4.74 Å². The van der Waals surface area contributed by atoms with Gasteiger partial charge in [-0.05, 0) is 40.5 Å². The van der Waals surface area contributed by atoms with Gasteiger partial charge in [-0.15, -0.1) is 0 Å². The summed E-state index contributed by atoms with van der Waals surface area (Å²) in [6, 6.07) is 22.1. The Morgan fingerprint density at radius 1 is 1.03 bits per heavy atom. The first kappa shape index (κ1) is 20.1. The molecule has 0 bridgehead atoms. The summed E-state index contributed by atoms with van der Waals surface area (Å²) in [5.74, 6) is 6.65. The van der Waals surface area contributed by atoms with Crippen molar-refractivity contribution in [1.82, 2.24) is 5.32 Å². The van der Waals surface area contributed by atoms with Crippen LogP contribution in [-0.4, -0.2) is 26.4 Å². The molecule has 1 aliphatic rings. The van der Waals surface area contributed by atoms with Crippen LogP contribution in [0, 0.1) is 11.8 Å². The molecule has 4 rings (SSSR count). The van der Waals surface area contributed by atoms with E-state index in [2.05, 4.69) is 57.4 Å². The first-order chi connectivity index (χ1) is 14.7. The SMILES string of the molecule is COc1cc(Br)ccc1C#CCNC(=O)OCC1c2ccccc2-c2ccccc21. The van der Waals surface area contributed by atoms with Crippen LogP contribution in [0.2, 0.25) is 0 Å². The zero-order valence-electron chi connectivity index (χ0n) is 16.4. The molecule has 0 saturated heterocycles. The fourth-order valence-electron chi connectivity index (χ4n) is 3.67. The Labute approximate surface area is 184 Å². The highest BCUT2D eigenvalue weighted by Gasteiger charge is 2.28. The smallest absolute Gasteiger partial charge is 0.407 e. The Hall–Kier alpha value is -3.23. The number of hydrogen-bond acceptors (Lipinski definition) is 3. The van der Waals surface area contributed by atoms with Crippen LogP contribution in [0.3, 0.4) is 0 Å². The highest BCUT2D eigenvalue weighted by Crippen LogP contribution is 2.44. The van der Waals surface area contributed by atoms with Crippen molar-refractivity contribution in [2.75, 3.05) is 20.3 Å². The molecule has 0 atom stereocenters. The Balaban J connectivity index is 1.35. The van der Waals surface area contributed by atoms with Gasteiger partial charge in [0.15, 0.2) is 0 Å². The van der Waals surface area contributed by atoms with Gasteiger partial charge in [0.1, 0.15) is 12.4 Å². The van der Waals surface area contributed by atoms with Crippen LogP contribution in [0.25, 0.3) is 11.1 Å². The second kappa shape index (κ2) is 9.06. The molecule has 150 valence electrons. The van der Waals surface area contributed by atoms with Crippen molar-refractivity contribution in [3.63, 3.8) is 0 Å². The average molecular weight is 462 g/mol. The van der Waals surface area contributed by atoms with Crippen molar-refractivity contribution in [2.45, 2.75) is 5.92 Å². The molecular weight excluding hydrogens is 442 g/mol. The van der Waals surface area contributed by atoms with Crippen molar-refractivity contribution < 1.29 is 14.3 Å². The lowest BCUT2D eigenvalue weighted by Gasteiger charge is -2.14. The molecule has 0 unspecified atom stereocenters. The van der Waals surface area contributed by atoms with E-state index >= 15 is 0 Å². The number of nitrogens with one attached hydrogen (secondary N) is 1. The van der Waals surface area contributed by atoms with Gasteiger partial charge in [0, 0.05) is 10.4 Å². The van der Waals surface area contributed by atoms with Gasteiger partial charge in [0.2, 0.25) is 0 Å². The first-order valence-electron chi connectivity index (χ1n) is 9.58. The molecule has 5 heteroatoms. The fourth-order valence-corrected chi connectivity index (χ4v) is 4.01. The van der Waals surface area contributed by atoms with E-state index in [1.54, 1.807) is 7.11 Å². The van der Waals surface area contributed by atoms with Gasteiger partial charge in [-0.3, -0.25) is 0 Å². The van der Waals surface area contributed by atoms with Crippen molar-refractivity contribution in [3.05, 3.63) is 87.9 Å². The molecule has 0 radical (unpaired) electrons. The predicted molar refractivity (Wildman–Crippen MR) is 121 cm³/mol. The van der Waals surface area contributed by atoms with Crippen LogP contribution >= 0.6 is 15.9 Å². The van der Waals surface area contributed by atoms with Gasteiger partial charge in [-0.2, -0.15) is 0 Å². The van der Waals surface area contributed by atoms with Crippen LogP contribution in [0.5, 0.6) is 5.75 Å². The number of amides is 1. The number of alkyl carbamates (subject to hydrolysis) is 1. The molecule has 0 saturated carbocycles. The number of halogens is 1. The molecule has 0 aliphatic heterocycles.